The molecule has 3 aliphatic rings. The van der Waals surface area contributed by atoms with Crippen LogP contribution >= 0.6 is 0 Å². The molecule has 0 aromatic carbocycles. The molecule has 0 bridgehead atoms. The highest BCUT2D eigenvalue weighted by atomic mass is 14.3. The first-order valence-corrected chi connectivity index (χ1v) is 9.75. The van der Waals surface area contributed by atoms with E-state index >= 15 is 0 Å². The van der Waals surface area contributed by atoms with Gasteiger partial charge in [0, 0.05) is 0 Å². The molecule has 0 spiro atoms. The molecule has 0 amide bonds. The summed E-state index contributed by atoms with van der Waals surface area (Å²) in [7, 11) is 0. The molecule has 0 aromatic rings. The second-order valence-corrected chi connectivity index (χ2v) is 8.16. The van der Waals surface area contributed by atoms with Crippen molar-refractivity contribution in [2.24, 2.45) is 23.7 Å². The molecule has 0 saturated heterocycles. The summed E-state index contributed by atoms with van der Waals surface area (Å²) in [6.45, 7) is 4.79. The molecular weight excluding hydrogens is 240 g/mol. The molecule has 0 nitrogen and oxygen atoms in total. The predicted octanol–water partition coefficient (Wildman–Crippen LogP) is 6.98. The molecule has 0 atom stereocenters. The summed E-state index contributed by atoms with van der Waals surface area (Å²) in [5, 5.41) is 0. The van der Waals surface area contributed by atoms with E-state index in [1.807, 2.05) is 0 Å². The van der Waals surface area contributed by atoms with Crippen molar-refractivity contribution >= 4 is 0 Å². The SMILES string of the molecule is CC1CCC(C2CCCCC2)CC1.CC1CCCCC1. The highest BCUT2D eigenvalue weighted by Gasteiger charge is 2.26. The van der Waals surface area contributed by atoms with Crippen molar-refractivity contribution in [2.45, 2.75) is 104 Å². The Morgan fingerprint density at radius 1 is 0.400 bits per heavy atom. The minimum Gasteiger partial charge on any atom is -0.0625 e. The Morgan fingerprint density at radius 3 is 1.25 bits per heavy atom. The number of rotatable bonds is 1. The standard InChI is InChI=1S/C13H24.C7H14/c1-11-7-9-13(10-8-11)12-5-3-2-4-6-12;1-7-5-3-2-4-6-7/h11-13H,2-10H2,1H3;7H,2-6H2,1H3. The molecule has 3 aliphatic carbocycles. The van der Waals surface area contributed by atoms with Crippen LogP contribution in [0.5, 0.6) is 0 Å². The third-order valence-electron chi connectivity index (χ3n) is 6.27. The first-order valence-electron chi connectivity index (χ1n) is 9.75. The van der Waals surface area contributed by atoms with Gasteiger partial charge in [0.05, 0.1) is 0 Å². The zero-order chi connectivity index (χ0) is 14.2. The number of hydrogen-bond donors (Lipinski definition) is 0. The minimum absolute atomic E-state index is 1.03. The zero-order valence-electron chi connectivity index (χ0n) is 14.2. The molecule has 0 heteroatoms. The molecule has 0 unspecified atom stereocenters. The summed E-state index contributed by atoms with van der Waals surface area (Å²) < 4.78 is 0. The van der Waals surface area contributed by atoms with E-state index in [9.17, 15) is 0 Å². The van der Waals surface area contributed by atoms with E-state index in [2.05, 4.69) is 13.8 Å². The lowest BCUT2D eigenvalue weighted by atomic mass is 9.71. The molecule has 0 aliphatic heterocycles. The molecule has 118 valence electrons. The van der Waals surface area contributed by atoms with Crippen molar-refractivity contribution in [2.75, 3.05) is 0 Å². The Balaban J connectivity index is 0.000000178. The van der Waals surface area contributed by atoms with Crippen LogP contribution < -0.4 is 0 Å². The van der Waals surface area contributed by atoms with Crippen molar-refractivity contribution < 1.29 is 0 Å². The van der Waals surface area contributed by atoms with E-state index < -0.39 is 0 Å². The smallest absolute Gasteiger partial charge is 0.0386 e. The van der Waals surface area contributed by atoms with Crippen LogP contribution in [0.3, 0.4) is 0 Å². The lowest BCUT2D eigenvalue weighted by Gasteiger charge is -2.34. The molecule has 3 rings (SSSR count). The second kappa shape index (κ2) is 9.11. The third-order valence-corrected chi connectivity index (χ3v) is 6.27. The summed E-state index contributed by atoms with van der Waals surface area (Å²) in [5.41, 5.74) is 0. The Bertz CT molecular complexity index is 224. The van der Waals surface area contributed by atoms with Gasteiger partial charge in [-0.1, -0.05) is 90.9 Å². The average Bonchev–Trinajstić information content (AvgIpc) is 2.50. The summed E-state index contributed by atoms with van der Waals surface area (Å²) in [4.78, 5) is 0. The van der Waals surface area contributed by atoms with Crippen molar-refractivity contribution in [3.63, 3.8) is 0 Å². The van der Waals surface area contributed by atoms with E-state index in [0.29, 0.717) is 0 Å². The van der Waals surface area contributed by atoms with Crippen LogP contribution in [0.4, 0.5) is 0 Å². The van der Waals surface area contributed by atoms with Crippen molar-refractivity contribution in [3.8, 4) is 0 Å². The normalized spacial score (nSPS) is 33.3. The highest BCUT2D eigenvalue weighted by molar-refractivity contribution is 4.78. The maximum atomic E-state index is 2.43. The Hall–Kier alpha value is 0. The van der Waals surface area contributed by atoms with E-state index in [4.69, 9.17) is 0 Å². The molecule has 20 heavy (non-hydrogen) atoms. The van der Waals surface area contributed by atoms with E-state index in [-0.39, 0.29) is 0 Å². The van der Waals surface area contributed by atoms with Crippen LogP contribution in [0.15, 0.2) is 0 Å². The fraction of sp³-hybridized carbons (Fsp3) is 1.00. The Labute approximate surface area is 128 Å². The van der Waals surface area contributed by atoms with Gasteiger partial charge in [-0.05, 0) is 36.5 Å². The molecule has 3 saturated carbocycles. The zero-order valence-corrected chi connectivity index (χ0v) is 14.2. The minimum atomic E-state index is 1.03. The van der Waals surface area contributed by atoms with Crippen molar-refractivity contribution in [1.29, 1.82) is 0 Å². The van der Waals surface area contributed by atoms with Crippen LogP contribution in [-0.2, 0) is 0 Å². The van der Waals surface area contributed by atoms with E-state index in [0.717, 1.165) is 23.7 Å². The largest absolute Gasteiger partial charge is 0.0625 e. The van der Waals surface area contributed by atoms with Crippen molar-refractivity contribution in [1.82, 2.24) is 0 Å². The van der Waals surface area contributed by atoms with E-state index in [1.165, 1.54) is 64.2 Å². The Kier molecular flexibility index (Phi) is 7.45. The molecular formula is C20H38. The van der Waals surface area contributed by atoms with Crippen LogP contribution in [0.25, 0.3) is 0 Å². The van der Waals surface area contributed by atoms with Crippen LogP contribution in [0.2, 0.25) is 0 Å². The van der Waals surface area contributed by atoms with Crippen LogP contribution in [0.1, 0.15) is 104 Å². The van der Waals surface area contributed by atoms with Gasteiger partial charge in [0.25, 0.3) is 0 Å². The van der Waals surface area contributed by atoms with Gasteiger partial charge in [0.2, 0.25) is 0 Å². The van der Waals surface area contributed by atoms with Gasteiger partial charge in [-0.25, -0.2) is 0 Å². The van der Waals surface area contributed by atoms with Gasteiger partial charge < -0.3 is 0 Å². The highest BCUT2D eigenvalue weighted by Crippen LogP contribution is 2.39. The van der Waals surface area contributed by atoms with Gasteiger partial charge in [-0.15, -0.1) is 0 Å². The fourth-order valence-electron chi connectivity index (χ4n) is 4.67. The van der Waals surface area contributed by atoms with Gasteiger partial charge in [-0.2, -0.15) is 0 Å². The first-order chi connectivity index (χ1) is 9.75. The summed E-state index contributed by atoms with van der Waals surface area (Å²) in [6.07, 6.45) is 21.2. The lowest BCUT2D eigenvalue weighted by Crippen LogP contribution is -2.22. The molecule has 3 fully saturated rings. The van der Waals surface area contributed by atoms with Gasteiger partial charge in [-0.3, -0.25) is 0 Å². The van der Waals surface area contributed by atoms with Crippen LogP contribution in [-0.4, -0.2) is 0 Å². The van der Waals surface area contributed by atoms with Gasteiger partial charge in [0.1, 0.15) is 0 Å². The predicted molar refractivity (Wildman–Crippen MR) is 89.9 cm³/mol. The topological polar surface area (TPSA) is 0 Å². The number of hydrogen-bond acceptors (Lipinski definition) is 0. The Morgan fingerprint density at radius 2 is 0.800 bits per heavy atom. The summed E-state index contributed by atoms with van der Waals surface area (Å²) in [6, 6.07) is 0. The molecule has 0 radical (unpaired) electrons. The maximum absolute atomic E-state index is 2.43. The van der Waals surface area contributed by atoms with Gasteiger partial charge >= 0.3 is 0 Å². The molecule has 0 aromatic heterocycles. The van der Waals surface area contributed by atoms with Gasteiger partial charge in [0.15, 0.2) is 0 Å². The third kappa shape index (κ3) is 5.78. The second-order valence-electron chi connectivity index (χ2n) is 8.16. The summed E-state index contributed by atoms with van der Waals surface area (Å²) >= 11 is 0. The van der Waals surface area contributed by atoms with Crippen molar-refractivity contribution in [3.05, 3.63) is 0 Å². The fourth-order valence-corrected chi connectivity index (χ4v) is 4.67. The quantitative estimate of drug-likeness (QED) is 0.485. The first kappa shape index (κ1) is 16.4. The lowest BCUT2D eigenvalue weighted by molar-refractivity contribution is 0.173. The monoisotopic (exact) mass is 278 g/mol. The summed E-state index contributed by atoms with van der Waals surface area (Å²) in [5.74, 6) is 4.31. The molecule has 0 N–H and O–H groups in total. The van der Waals surface area contributed by atoms with Crippen LogP contribution in [0, 0.1) is 23.7 Å². The molecule has 0 heterocycles. The van der Waals surface area contributed by atoms with E-state index in [1.54, 1.807) is 25.7 Å². The average molecular weight is 279 g/mol. The maximum Gasteiger partial charge on any atom is -0.0386 e.